The minimum atomic E-state index is -0.304. The van der Waals surface area contributed by atoms with Crippen molar-refractivity contribution < 1.29 is 14.3 Å². The van der Waals surface area contributed by atoms with Crippen LogP contribution in [0.4, 0.5) is 5.69 Å². The second kappa shape index (κ2) is 6.76. The van der Waals surface area contributed by atoms with Gasteiger partial charge in [0.2, 0.25) is 0 Å². The summed E-state index contributed by atoms with van der Waals surface area (Å²) in [6.45, 7) is 0. The fourth-order valence-electron chi connectivity index (χ4n) is 2.38. The summed E-state index contributed by atoms with van der Waals surface area (Å²) < 4.78 is 10.4. The number of halogens is 1. The van der Waals surface area contributed by atoms with E-state index in [-0.39, 0.29) is 5.91 Å². The fourth-order valence-corrected chi connectivity index (χ4v) is 2.61. The standard InChI is InChI=1S/C18H15ClN2O3/c1-23-14-7-12(8-15(10-14)24-2)18(22)21-16-9-13(19)6-11-4-3-5-20-17(11)16/h3-10H,1-2H3,(H,21,22). The van der Waals surface area contributed by atoms with Crippen molar-refractivity contribution >= 4 is 34.1 Å². The van der Waals surface area contributed by atoms with Crippen molar-refractivity contribution in [2.24, 2.45) is 0 Å². The number of hydrogen-bond acceptors (Lipinski definition) is 4. The molecule has 1 amide bonds. The molecule has 0 aliphatic rings. The molecule has 5 nitrogen and oxygen atoms in total. The van der Waals surface area contributed by atoms with Gasteiger partial charge < -0.3 is 14.8 Å². The van der Waals surface area contributed by atoms with Gasteiger partial charge in [-0.3, -0.25) is 9.78 Å². The van der Waals surface area contributed by atoms with Crippen LogP contribution in [0.5, 0.6) is 11.5 Å². The molecule has 0 aliphatic carbocycles. The molecule has 0 aliphatic heterocycles. The number of methoxy groups -OCH3 is 2. The van der Waals surface area contributed by atoms with Crippen molar-refractivity contribution in [1.29, 1.82) is 0 Å². The maximum atomic E-state index is 12.6. The lowest BCUT2D eigenvalue weighted by molar-refractivity contribution is 0.102. The first-order valence-corrected chi connectivity index (χ1v) is 7.57. The first-order chi connectivity index (χ1) is 11.6. The number of fused-ring (bicyclic) bond motifs is 1. The molecule has 0 spiro atoms. The molecule has 0 bridgehead atoms. The summed E-state index contributed by atoms with van der Waals surface area (Å²) >= 11 is 6.13. The maximum Gasteiger partial charge on any atom is 0.255 e. The third-order valence-corrected chi connectivity index (χ3v) is 3.75. The Hall–Kier alpha value is -2.79. The molecule has 2 aromatic carbocycles. The number of carbonyl (C=O) groups is 1. The van der Waals surface area contributed by atoms with Crippen LogP contribution in [0.1, 0.15) is 10.4 Å². The molecule has 122 valence electrons. The third-order valence-electron chi connectivity index (χ3n) is 3.53. The highest BCUT2D eigenvalue weighted by atomic mass is 35.5. The largest absolute Gasteiger partial charge is 0.497 e. The molecule has 0 radical (unpaired) electrons. The summed E-state index contributed by atoms with van der Waals surface area (Å²) in [4.78, 5) is 16.9. The molecule has 1 N–H and O–H groups in total. The zero-order valence-corrected chi connectivity index (χ0v) is 13.9. The second-order valence-corrected chi connectivity index (χ2v) is 5.52. The van der Waals surface area contributed by atoms with E-state index in [0.29, 0.717) is 33.3 Å². The van der Waals surface area contributed by atoms with Gasteiger partial charge in [0, 0.05) is 28.2 Å². The molecule has 0 unspecified atom stereocenters. The van der Waals surface area contributed by atoms with Crippen LogP contribution < -0.4 is 14.8 Å². The number of nitrogens with one attached hydrogen (secondary N) is 1. The molecule has 3 rings (SSSR count). The Kier molecular flexibility index (Phi) is 4.53. The van der Waals surface area contributed by atoms with Gasteiger partial charge in [0.05, 0.1) is 25.4 Å². The van der Waals surface area contributed by atoms with Gasteiger partial charge in [-0.15, -0.1) is 0 Å². The van der Waals surface area contributed by atoms with Crippen LogP contribution in [0.15, 0.2) is 48.7 Å². The lowest BCUT2D eigenvalue weighted by Crippen LogP contribution is -2.13. The highest BCUT2D eigenvalue weighted by Gasteiger charge is 2.13. The molecule has 0 saturated carbocycles. The lowest BCUT2D eigenvalue weighted by atomic mass is 10.1. The van der Waals surface area contributed by atoms with E-state index in [1.54, 1.807) is 36.5 Å². The Balaban J connectivity index is 1.98. The Morgan fingerprint density at radius 3 is 2.46 bits per heavy atom. The monoisotopic (exact) mass is 342 g/mol. The topological polar surface area (TPSA) is 60.5 Å². The number of nitrogens with zero attached hydrogens (tertiary/aromatic N) is 1. The number of hydrogen-bond donors (Lipinski definition) is 1. The van der Waals surface area contributed by atoms with Gasteiger partial charge in [-0.25, -0.2) is 0 Å². The van der Waals surface area contributed by atoms with E-state index in [1.807, 2.05) is 12.1 Å². The molecule has 24 heavy (non-hydrogen) atoms. The number of anilines is 1. The predicted octanol–water partition coefficient (Wildman–Crippen LogP) is 4.16. The van der Waals surface area contributed by atoms with Gasteiger partial charge >= 0.3 is 0 Å². The van der Waals surface area contributed by atoms with Crippen LogP contribution in [-0.2, 0) is 0 Å². The van der Waals surface area contributed by atoms with Crippen molar-refractivity contribution in [3.63, 3.8) is 0 Å². The SMILES string of the molecule is COc1cc(OC)cc(C(=O)Nc2cc(Cl)cc3cccnc23)c1. The van der Waals surface area contributed by atoms with Crippen LogP contribution in [0.25, 0.3) is 10.9 Å². The van der Waals surface area contributed by atoms with E-state index in [0.717, 1.165) is 5.39 Å². The van der Waals surface area contributed by atoms with Gasteiger partial charge in [-0.1, -0.05) is 17.7 Å². The van der Waals surface area contributed by atoms with Crippen molar-refractivity contribution in [2.75, 3.05) is 19.5 Å². The predicted molar refractivity (Wildman–Crippen MR) is 94.3 cm³/mol. The molecular formula is C18H15ClN2O3. The number of benzene rings is 2. The van der Waals surface area contributed by atoms with E-state index in [4.69, 9.17) is 21.1 Å². The average Bonchev–Trinajstić information content (AvgIpc) is 2.61. The molecule has 6 heteroatoms. The van der Waals surface area contributed by atoms with E-state index in [9.17, 15) is 4.79 Å². The second-order valence-electron chi connectivity index (χ2n) is 5.08. The van der Waals surface area contributed by atoms with Gasteiger partial charge in [-0.05, 0) is 30.3 Å². The quantitative estimate of drug-likeness (QED) is 0.773. The van der Waals surface area contributed by atoms with Crippen molar-refractivity contribution in [2.45, 2.75) is 0 Å². The Morgan fingerprint density at radius 1 is 1.08 bits per heavy atom. The minimum Gasteiger partial charge on any atom is -0.497 e. The summed E-state index contributed by atoms with van der Waals surface area (Å²) in [6.07, 6.45) is 1.67. The van der Waals surface area contributed by atoms with Crippen LogP contribution in [0.2, 0.25) is 5.02 Å². The average molecular weight is 343 g/mol. The first kappa shape index (κ1) is 16.1. The van der Waals surface area contributed by atoms with Gasteiger partial charge in [0.25, 0.3) is 5.91 Å². The van der Waals surface area contributed by atoms with E-state index >= 15 is 0 Å². The van der Waals surface area contributed by atoms with Crippen LogP contribution in [0.3, 0.4) is 0 Å². The van der Waals surface area contributed by atoms with Crippen LogP contribution >= 0.6 is 11.6 Å². The first-order valence-electron chi connectivity index (χ1n) is 7.19. The smallest absolute Gasteiger partial charge is 0.255 e. The number of amides is 1. The summed E-state index contributed by atoms with van der Waals surface area (Å²) in [7, 11) is 3.07. The number of pyridine rings is 1. The van der Waals surface area contributed by atoms with E-state index in [2.05, 4.69) is 10.3 Å². The van der Waals surface area contributed by atoms with Gasteiger partial charge in [-0.2, -0.15) is 0 Å². The van der Waals surface area contributed by atoms with Crippen molar-refractivity contribution in [3.05, 3.63) is 59.2 Å². The normalized spacial score (nSPS) is 10.5. The van der Waals surface area contributed by atoms with E-state index in [1.165, 1.54) is 14.2 Å². The highest BCUT2D eigenvalue weighted by Crippen LogP contribution is 2.28. The number of aromatic nitrogens is 1. The van der Waals surface area contributed by atoms with Crippen molar-refractivity contribution in [3.8, 4) is 11.5 Å². The summed E-state index contributed by atoms with van der Waals surface area (Å²) in [5.74, 6) is 0.767. The summed E-state index contributed by atoms with van der Waals surface area (Å²) in [5.41, 5.74) is 1.63. The maximum absolute atomic E-state index is 12.6. The molecule has 3 aromatic rings. The Labute approximate surface area is 144 Å². The summed E-state index contributed by atoms with van der Waals surface area (Å²) in [5, 5.41) is 4.22. The number of rotatable bonds is 4. The molecule has 1 aromatic heterocycles. The Bertz CT molecular complexity index is 890. The molecular weight excluding hydrogens is 328 g/mol. The number of carbonyl (C=O) groups excluding carboxylic acids is 1. The van der Waals surface area contributed by atoms with Crippen LogP contribution in [-0.4, -0.2) is 25.1 Å². The molecule has 0 atom stereocenters. The van der Waals surface area contributed by atoms with Gasteiger partial charge in [0.1, 0.15) is 11.5 Å². The fraction of sp³-hybridized carbons (Fsp3) is 0.111. The van der Waals surface area contributed by atoms with Crippen molar-refractivity contribution in [1.82, 2.24) is 4.98 Å². The zero-order valence-electron chi connectivity index (χ0n) is 13.2. The molecule has 0 fully saturated rings. The Morgan fingerprint density at radius 2 is 1.79 bits per heavy atom. The highest BCUT2D eigenvalue weighted by molar-refractivity contribution is 6.32. The van der Waals surface area contributed by atoms with E-state index < -0.39 is 0 Å². The molecule has 1 heterocycles. The summed E-state index contributed by atoms with van der Waals surface area (Å²) in [6, 6.07) is 12.2. The van der Waals surface area contributed by atoms with Gasteiger partial charge in [0.15, 0.2) is 0 Å². The molecule has 0 saturated heterocycles. The zero-order chi connectivity index (χ0) is 17.1. The number of ether oxygens (including phenoxy) is 2. The van der Waals surface area contributed by atoms with Crippen LogP contribution in [0, 0.1) is 0 Å². The minimum absolute atomic E-state index is 0.304. The third kappa shape index (κ3) is 3.26. The lowest BCUT2D eigenvalue weighted by Gasteiger charge is -2.11.